The topological polar surface area (TPSA) is 12.0 Å². The first-order valence-corrected chi connectivity index (χ1v) is 8.58. The molecule has 1 nitrogen and oxygen atoms in total. The van der Waals surface area contributed by atoms with Crippen LogP contribution in [-0.2, 0) is 0 Å². The van der Waals surface area contributed by atoms with Crippen molar-refractivity contribution < 1.29 is 0 Å². The lowest BCUT2D eigenvalue weighted by atomic mass is 9.80. The van der Waals surface area contributed by atoms with Gasteiger partial charge in [0.05, 0.1) is 0 Å². The number of unbranched alkanes of at least 4 members (excludes halogenated alkanes) is 5. The van der Waals surface area contributed by atoms with Gasteiger partial charge in [0.1, 0.15) is 0 Å². The predicted octanol–water partition coefficient (Wildman–Crippen LogP) is 5.05. The van der Waals surface area contributed by atoms with Crippen LogP contribution in [0.5, 0.6) is 0 Å². The number of hydrogen-bond acceptors (Lipinski definition) is 1. The van der Waals surface area contributed by atoms with Gasteiger partial charge < -0.3 is 5.32 Å². The zero-order valence-electron chi connectivity index (χ0n) is 12.5. The summed E-state index contributed by atoms with van der Waals surface area (Å²) in [6.45, 7) is 3.63. The summed E-state index contributed by atoms with van der Waals surface area (Å²) in [7, 11) is 0. The molecule has 2 fully saturated rings. The second-order valence-electron chi connectivity index (χ2n) is 6.88. The summed E-state index contributed by atoms with van der Waals surface area (Å²) < 4.78 is 0. The monoisotopic (exact) mass is 251 g/mol. The zero-order valence-corrected chi connectivity index (χ0v) is 12.5. The molecule has 18 heavy (non-hydrogen) atoms. The van der Waals surface area contributed by atoms with E-state index in [9.17, 15) is 0 Å². The van der Waals surface area contributed by atoms with Gasteiger partial charge in [0.15, 0.2) is 0 Å². The average Bonchev–Trinajstić information content (AvgIpc) is 3.11. The fraction of sp³-hybridized carbons (Fsp3) is 1.00. The van der Waals surface area contributed by atoms with Gasteiger partial charge >= 0.3 is 0 Å². The second-order valence-corrected chi connectivity index (χ2v) is 6.88. The molecule has 0 aromatic carbocycles. The lowest BCUT2D eigenvalue weighted by Gasteiger charge is -2.29. The van der Waals surface area contributed by atoms with Crippen LogP contribution in [0.4, 0.5) is 0 Å². The molecule has 2 saturated carbocycles. The first kappa shape index (κ1) is 14.4. The number of rotatable bonds is 10. The van der Waals surface area contributed by atoms with Crippen molar-refractivity contribution in [2.45, 2.75) is 96.4 Å². The van der Waals surface area contributed by atoms with Crippen LogP contribution in [-0.4, -0.2) is 12.6 Å². The molecule has 0 heterocycles. The second kappa shape index (κ2) is 7.53. The molecule has 1 heteroatoms. The Labute approximate surface area is 114 Å². The Bertz CT molecular complexity index is 214. The Morgan fingerprint density at radius 3 is 2.28 bits per heavy atom. The molecule has 0 spiro atoms. The molecule has 0 amide bonds. The zero-order chi connectivity index (χ0) is 12.7. The van der Waals surface area contributed by atoms with E-state index in [1.54, 1.807) is 0 Å². The fourth-order valence-electron chi connectivity index (χ4n) is 3.57. The van der Waals surface area contributed by atoms with E-state index in [4.69, 9.17) is 0 Å². The molecule has 0 atom stereocenters. The van der Waals surface area contributed by atoms with Gasteiger partial charge in [0.25, 0.3) is 0 Å². The van der Waals surface area contributed by atoms with Crippen LogP contribution in [0.15, 0.2) is 0 Å². The first-order valence-electron chi connectivity index (χ1n) is 8.58. The van der Waals surface area contributed by atoms with E-state index >= 15 is 0 Å². The SMILES string of the molecule is CCCCCCCCC1(CNC2CC2)CCCC1. The molecule has 1 N–H and O–H groups in total. The highest BCUT2D eigenvalue weighted by Gasteiger charge is 2.34. The van der Waals surface area contributed by atoms with Crippen molar-refractivity contribution in [2.75, 3.05) is 6.54 Å². The molecular weight excluding hydrogens is 218 g/mol. The Morgan fingerprint density at radius 2 is 1.61 bits per heavy atom. The molecule has 0 saturated heterocycles. The minimum Gasteiger partial charge on any atom is -0.313 e. The van der Waals surface area contributed by atoms with Gasteiger partial charge in [-0.15, -0.1) is 0 Å². The first-order chi connectivity index (χ1) is 8.85. The molecule has 2 aliphatic rings. The highest BCUT2D eigenvalue weighted by Crippen LogP contribution is 2.42. The third-order valence-electron chi connectivity index (χ3n) is 5.07. The summed E-state index contributed by atoms with van der Waals surface area (Å²) in [5.41, 5.74) is 0.702. The highest BCUT2D eigenvalue weighted by atomic mass is 15.0. The van der Waals surface area contributed by atoms with Gasteiger partial charge in [-0.1, -0.05) is 58.3 Å². The maximum Gasteiger partial charge on any atom is 0.00684 e. The maximum absolute atomic E-state index is 3.80. The largest absolute Gasteiger partial charge is 0.313 e. The molecule has 0 unspecified atom stereocenters. The summed E-state index contributed by atoms with van der Waals surface area (Å²) in [5, 5.41) is 3.80. The van der Waals surface area contributed by atoms with E-state index in [1.807, 2.05) is 0 Å². The van der Waals surface area contributed by atoms with E-state index in [2.05, 4.69) is 12.2 Å². The van der Waals surface area contributed by atoms with Gasteiger partial charge in [-0.3, -0.25) is 0 Å². The molecule has 2 rings (SSSR count). The molecule has 0 bridgehead atoms. The molecule has 2 aliphatic carbocycles. The normalized spacial score (nSPS) is 22.5. The Hall–Kier alpha value is -0.0400. The minimum absolute atomic E-state index is 0.702. The quantitative estimate of drug-likeness (QED) is 0.536. The Balaban J connectivity index is 1.59. The summed E-state index contributed by atoms with van der Waals surface area (Å²) in [6, 6.07) is 0.895. The average molecular weight is 251 g/mol. The summed E-state index contributed by atoms with van der Waals surface area (Å²) in [6.07, 6.45) is 19.1. The summed E-state index contributed by atoms with van der Waals surface area (Å²) in [5.74, 6) is 0. The number of hydrogen-bond donors (Lipinski definition) is 1. The van der Waals surface area contributed by atoms with Crippen LogP contribution >= 0.6 is 0 Å². The van der Waals surface area contributed by atoms with E-state index in [0.29, 0.717) is 5.41 Å². The number of nitrogens with one attached hydrogen (secondary N) is 1. The van der Waals surface area contributed by atoms with Crippen LogP contribution in [0.25, 0.3) is 0 Å². The third-order valence-corrected chi connectivity index (χ3v) is 5.07. The smallest absolute Gasteiger partial charge is 0.00684 e. The lowest BCUT2D eigenvalue weighted by molar-refractivity contribution is 0.246. The van der Waals surface area contributed by atoms with Gasteiger partial charge in [-0.05, 0) is 37.5 Å². The van der Waals surface area contributed by atoms with Gasteiger partial charge in [-0.2, -0.15) is 0 Å². The van der Waals surface area contributed by atoms with Crippen LogP contribution < -0.4 is 5.32 Å². The van der Waals surface area contributed by atoms with E-state index in [-0.39, 0.29) is 0 Å². The Kier molecular flexibility index (Phi) is 6.01. The fourth-order valence-corrected chi connectivity index (χ4v) is 3.57. The van der Waals surface area contributed by atoms with Crippen molar-refractivity contribution in [3.8, 4) is 0 Å². The molecule has 0 radical (unpaired) electrons. The van der Waals surface area contributed by atoms with Crippen molar-refractivity contribution in [1.29, 1.82) is 0 Å². The predicted molar refractivity (Wildman–Crippen MR) is 79.9 cm³/mol. The van der Waals surface area contributed by atoms with Gasteiger partial charge in [0, 0.05) is 12.6 Å². The minimum atomic E-state index is 0.702. The third kappa shape index (κ3) is 4.91. The summed E-state index contributed by atoms with van der Waals surface area (Å²) in [4.78, 5) is 0. The van der Waals surface area contributed by atoms with E-state index in [1.165, 1.54) is 90.0 Å². The van der Waals surface area contributed by atoms with Crippen LogP contribution in [0.1, 0.15) is 90.4 Å². The van der Waals surface area contributed by atoms with Crippen molar-refractivity contribution in [3.63, 3.8) is 0 Å². The highest BCUT2D eigenvalue weighted by molar-refractivity contribution is 4.90. The maximum atomic E-state index is 3.80. The van der Waals surface area contributed by atoms with E-state index in [0.717, 1.165) is 6.04 Å². The van der Waals surface area contributed by atoms with Crippen LogP contribution in [0.2, 0.25) is 0 Å². The van der Waals surface area contributed by atoms with Crippen LogP contribution in [0.3, 0.4) is 0 Å². The molecule has 0 aromatic rings. The van der Waals surface area contributed by atoms with Crippen molar-refractivity contribution in [2.24, 2.45) is 5.41 Å². The standard InChI is InChI=1S/C17H33N/c1-2-3-4-5-6-7-12-17(13-8-9-14-17)15-18-16-10-11-16/h16,18H,2-15H2,1H3. The van der Waals surface area contributed by atoms with Gasteiger partial charge in [-0.25, -0.2) is 0 Å². The van der Waals surface area contributed by atoms with Gasteiger partial charge in [0.2, 0.25) is 0 Å². The molecular formula is C17H33N. The van der Waals surface area contributed by atoms with Crippen molar-refractivity contribution in [3.05, 3.63) is 0 Å². The van der Waals surface area contributed by atoms with Crippen molar-refractivity contribution in [1.82, 2.24) is 5.32 Å². The van der Waals surface area contributed by atoms with E-state index < -0.39 is 0 Å². The molecule has 0 aromatic heterocycles. The Morgan fingerprint density at radius 1 is 0.944 bits per heavy atom. The van der Waals surface area contributed by atoms with Crippen LogP contribution in [0, 0.1) is 5.41 Å². The lowest BCUT2D eigenvalue weighted by Crippen LogP contribution is -2.33. The molecule has 106 valence electrons. The molecule has 0 aliphatic heterocycles. The summed E-state index contributed by atoms with van der Waals surface area (Å²) >= 11 is 0. The van der Waals surface area contributed by atoms with Crippen molar-refractivity contribution >= 4 is 0 Å².